The fourth-order valence-electron chi connectivity index (χ4n) is 2.30. The average Bonchev–Trinajstić information content (AvgIpc) is 3.15. The molecule has 2 aromatic heterocycles. The summed E-state index contributed by atoms with van der Waals surface area (Å²) in [6.45, 7) is 1.77. The van der Waals surface area contributed by atoms with Crippen molar-refractivity contribution < 1.29 is 9.59 Å². The van der Waals surface area contributed by atoms with Gasteiger partial charge >= 0.3 is 0 Å². The number of thiazole rings is 1. The van der Waals surface area contributed by atoms with Gasteiger partial charge in [0.25, 0.3) is 11.8 Å². The second-order valence-electron chi connectivity index (χ2n) is 5.36. The fraction of sp³-hybridized carbons (Fsp3) is 0.118. The van der Waals surface area contributed by atoms with Crippen molar-refractivity contribution in [3.63, 3.8) is 0 Å². The summed E-state index contributed by atoms with van der Waals surface area (Å²) >= 11 is 4.60. The summed E-state index contributed by atoms with van der Waals surface area (Å²) in [5.74, 6) is -0.786. The lowest BCUT2D eigenvalue weighted by Gasteiger charge is -2.07. The van der Waals surface area contributed by atoms with Crippen molar-refractivity contribution in [1.29, 1.82) is 0 Å². The number of hydrazine groups is 1. The smallest absolute Gasteiger partial charge is 0.286 e. The van der Waals surface area contributed by atoms with Gasteiger partial charge in [-0.15, -0.1) is 11.3 Å². The van der Waals surface area contributed by atoms with E-state index in [0.29, 0.717) is 16.3 Å². The predicted octanol–water partition coefficient (Wildman–Crippen LogP) is 3.29. The molecule has 2 N–H and O–H groups in total. The fourth-order valence-corrected chi connectivity index (χ4v) is 3.79. The Kier molecular flexibility index (Phi) is 5.00. The quantitative estimate of drug-likeness (QED) is 0.640. The lowest BCUT2D eigenvalue weighted by Crippen LogP contribution is -2.42. The number of carbonyl (C=O) groups excluding carboxylic acids is 2. The van der Waals surface area contributed by atoms with Gasteiger partial charge in [-0.05, 0) is 28.9 Å². The van der Waals surface area contributed by atoms with Gasteiger partial charge in [0.1, 0.15) is 15.6 Å². The lowest BCUT2D eigenvalue weighted by atomic mass is 10.2. The molecule has 2 heterocycles. The lowest BCUT2D eigenvalue weighted by molar-refractivity contribution is 0.0843. The van der Waals surface area contributed by atoms with Crippen LogP contribution in [0.1, 0.15) is 25.9 Å². The number of aromatic nitrogens is 2. The minimum Gasteiger partial charge on any atom is -0.345 e. The maximum Gasteiger partial charge on any atom is 0.286 e. The summed E-state index contributed by atoms with van der Waals surface area (Å²) in [5.41, 5.74) is 6.87. The van der Waals surface area contributed by atoms with Gasteiger partial charge in [0.15, 0.2) is 0 Å². The Morgan fingerprint density at radius 2 is 1.84 bits per heavy atom. The largest absolute Gasteiger partial charge is 0.345 e. The second-order valence-corrected chi connectivity index (χ2v) is 7.28. The van der Waals surface area contributed by atoms with Gasteiger partial charge in [-0.1, -0.05) is 30.3 Å². The summed E-state index contributed by atoms with van der Waals surface area (Å²) < 4.78 is 2.45. The number of hydrogen-bond donors (Lipinski definition) is 2. The van der Waals surface area contributed by atoms with Crippen molar-refractivity contribution in [2.75, 3.05) is 0 Å². The molecule has 0 bridgehead atoms. The van der Waals surface area contributed by atoms with Crippen LogP contribution in [-0.4, -0.2) is 21.4 Å². The van der Waals surface area contributed by atoms with E-state index < -0.39 is 5.91 Å². The molecule has 0 aliphatic carbocycles. The van der Waals surface area contributed by atoms with Crippen molar-refractivity contribution in [3.05, 3.63) is 63.3 Å². The van der Waals surface area contributed by atoms with Crippen LogP contribution in [0.3, 0.4) is 0 Å². The summed E-state index contributed by atoms with van der Waals surface area (Å²) in [4.78, 5) is 29.4. The van der Waals surface area contributed by atoms with Crippen LogP contribution in [0.15, 0.2) is 47.1 Å². The van der Waals surface area contributed by atoms with Crippen molar-refractivity contribution in [3.8, 4) is 10.6 Å². The Labute approximate surface area is 157 Å². The van der Waals surface area contributed by atoms with Crippen LogP contribution in [0, 0.1) is 6.92 Å². The highest BCUT2D eigenvalue weighted by atomic mass is 79.9. The number of halogens is 1. The van der Waals surface area contributed by atoms with Gasteiger partial charge < -0.3 is 4.57 Å². The molecule has 8 heteroatoms. The van der Waals surface area contributed by atoms with E-state index in [1.807, 2.05) is 30.3 Å². The average molecular weight is 419 g/mol. The molecular weight excluding hydrogens is 404 g/mol. The number of rotatable bonds is 3. The number of hydrogen-bond acceptors (Lipinski definition) is 4. The minimum atomic E-state index is -0.396. The maximum absolute atomic E-state index is 12.4. The zero-order valence-electron chi connectivity index (χ0n) is 13.5. The van der Waals surface area contributed by atoms with E-state index in [-0.39, 0.29) is 5.91 Å². The summed E-state index contributed by atoms with van der Waals surface area (Å²) in [6, 6.07) is 11.3. The Balaban J connectivity index is 1.71. The zero-order chi connectivity index (χ0) is 18.0. The first-order chi connectivity index (χ1) is 12.0. The van der Waals surface area contributed by atoms with Crippen molar-refractivity contribution in [2.45, 2.75) is 6.92 Å². The number of nitrogens with one attached hydrogen (secondary N) is 2. The number of aryl methyl sites for hydroxylation is 2. The maximum atomic E-state index is 12.4. The molecule has 6 nitrogen and oxygen atoms in total. The molecule has 1 aromatic carbocycles. The van der Waals surface area contributed by atoms with Gasteiger partial charge in [-0.3, -0.25) is 20.4 Å². The molecule has 3 aromatic rings. The number of benzene rings is 1. The van der Waals surface area contributed by atoms with E-state index >= 15 is 0 Å². The second kappa shape index (κ2) is 7.20. The van der Waals surface area contributed by atoms with Gasteiger partial charge in [-0.25, -0.2) is 4.98 Å². The molecule has 0 spiro atoms. The first kappa shape index (κ1) is 17.4. The topological polar surface area (TPSA) is 76.0 Å². The standard InChI is InChI=1S/C17H15BrN4O2S/c1-10-14(25-17(19-10)11-6-4-3-5-7-11)16(24)21-20-15(23)13-8-12(18)9-22(13)2/h3-9H,1-2H3,(H,20,23)(H,21,24). The molecule has 0 aliphatic rings. The molecule has 0 saturated carbocycles. The molecule has 2 amide bonds. The van der Waals surface area contributed by atoms with Crippen LogP contribution < -0.4 is 10.9 Å². The molecule has 0 unspecified atom stereocenters. The van der Waals surface area contributed by atoms with E-state index in [1.165, 1.54) is 11.3 Å². The first-order valence-electron chi connectivity index (χ1n) is 7.41. The summed E-state index contributed by atoms with van der Waals surface area (Å²) in [7, 11) is 1.75. The van der Waals surface area contributed by atoms with Crippen LogP contribution in [0.25, 0.3) is 10.6 Å². The zero-order valence-corrected chi connectivity index (χ0v) is 15.9. The highest BCUT2D eigenvalue weighted by Gasteiger charge is 2.18. The molecule has 0 atom stereocenters. The first-order valence-corrected chi connectivity index (χ1v) is 9.02. The van der Waals surface area contributed by atoms with E-state index in [1.54, 1.807) is 30.8 Å². The molecule has 128 valence electrons. The molecule has 25 heavy (non-hydrogen) atoms. The number of nitrogens with zero attached hydrogens (tertiary/aromatic N) is 2. The van der Waals surface area contributed by atoms with Gasteiger partial charge in [-0.2, -0.15) is 0 Å². The SMILES string of the molecule is Cc1nc(-c2ccccc2)sc1C(=O)NNC(=O)c1cc(Br)cn1C. The van der Waals surface area contributed by atoms with E-state index in [2.05, 4.69) is 31.8 Å². The monoisotopic (exact) mass is 418 g/mol. The molecular formula is C17H15BrN4O2S. The van der Waals surface area contributed by atoms with E-state index in [0.717, 1.165) is 15.0 Å². The number of carbonyl (C=O) groups is 2. The van der Waals surface area contributed by atoms with Crippen molar-refractivity contribution in [1.82, 2.24) is 20.4 Å². The third kappa shape index (κ3) is 3.80. The predicted molar refractivity (Wildman–Crippen MR) is 100 cm³/mol. The summed E-state index contributed by atoms with van der Waals surface area (Å²) in [5, 5.41) is 0.765. The Bertz CT molecular complexity index is 934. The number of amides is 2. The van der Waals surface area contributed by atoms with Crippen LogP contribution in [0.4, 0.5) is 0 Å². The van der Waals surface area contributed by atoms with Crippen molar-refractivity contribution in [2.24, 2.45) is 7.05 Å². The molecule has 3 rings (SSSR count). The Morgan fingerprint density at radius 1 is 1.16 bits per heavy atom. The third-order valence-corrected chi connectivity index (χ3v) is 5.16. The van der Waals surface area contributed by atoms with Crippen molar-refractivity contribution >= 4 is 39.1 Å². The molecule has 0 fully saturated rings. The van der Waals surface area contributed by atoms with Gasteiger partial charge in [0.2, 0.25) is 0 Å². The van der Waals surface area contributed by atoms with Crippen LogP contribution >= 0.6 is 27.3 Å². The highest BCUT2D eigenvalue weighted by molar-refractivity contribution is 9.10. The highest BCUT2D eigenvalue weighted by Crippen LogP contribution is 2.27. The van der Waals surface area contributed by atoms with E-state index in [4.69, 9.17) is 0 Å². The van der Waals surface area contributed by atoms with Gasteiger partial charge in [0, 0.05) is 23.3 Å². The van der Waals surface area contributed by atoms with Gasteiger partial charge in [0.05, 0.1) is 5.69 Å². The molecule has 0 aliphatic heterocycles. The summed E-state index contributed by atoms with van der Waals surface area (Å²) in [6.07, 6.45) is 1.76. The normalized spacial score (nSPS) is 10.5. The van der Waals surface area contributed by atoms with Crippen LogP contribution in [0.2, 0.25) is 0 Å². The Hall–Kier alpha value is -2.45. The molecule has 0 saturated heterocycles. The van der Waals surface area contributed by atoms with E-state index in [9.17, 15) is 9.59 Å². The van der Waals surface area contributed by atoms with Crippen LogP contribution in [0.5, 0.6) is 0 Å². The third-order valence-electron chi connectivity index (χ3n) is 3.52. The molecule has 0 radical (unpaired) electrons. The van der Waals surface area contributed by atoms with Crippen LogP contribution in [-0.2, 0) is 7.05 Å². The Morgan fingerprint density at radius 3 is 2.48 bits per heavy atom. The minimum absolute atomic E-state index is 0.390.